The summed E-state index contributed by atoms with van der Waals surface area (Å²) >= 11 is 3.95. The fourth-order valence-corrected chi connectivity index (χ4v) is 21.8. The molecule has 474 valence electrons. The van der Waals surface area contributed by atoms with Crippen molar-refractivity contribution in [1.82, 2.24) is 0 Å². The molecule has 0 amide bonds. The number of nitrogens with one attached hydrogen (secondary N) is 1. The zero-order valence-corrected chi connectivity index (χ0v) is 59.5. The molecule has 0 atom stereocenters. The van der Waals surface area contributed by atoms with E-state index in [1.54, 1.807) is 0 Å². The number of nitrogens with zero attached hydrogens (tertiary/aromatic N) is 5. The maximum absolute atomic E-state index is 4.26. The number of benzene rings is 12. The molecule has 8 heterocycles. The summed E-state index contributed by atoms with van der Waals surface area (Å²) in [6, 6.07) is 80.5. The Morgan fingerprint density at radius 2 is 0.596 bits per heavy atom. The first-order chi connectivity index (χ1) is 48.0. The van der Waals surface area contributed by atoms with Crippen LogP contribution in [0.1, 0.15) is 66.8 Å². The first-order valence-electron chi connectivity index (χ1n) is 35.0. The van der Waals surface area contributed by atoms with Gasteiger partial charge in [0, 0.05) is 98.0 Å². The first-order valence-corrected chi connectivity index (χ1v) is 36.6. The van der Waals surface area contributed by atoms with Gasteiger partial charge in [0.05, 0.1) is 28.4 Å². The van der Waals surface area contributed by atoms with Crippen molar-refractivity contribution in [3.63, 3.8) is 0 Å². The second-order valence-corrected chi connectivity index (χ2v) is 31.5. The summed E-state index contributed by atoms with van der Waals surface area (Å²) in [5, 5.41) is 6.83. The predicted octanol–water partition coefficient (Wildman–Crippen LogP) is 18.3. The molecule has 11 heteroatoms. The van der Waals surface area contributed by atoms with Gasteiger partial charge in [0.25, 0.3) is 20.1 Å². The molecule has 0 aliphatic carbocycles. The van der Waals surface area contributed by atoms with Crippen molar-refractivity contribution in [2.24, 2.45) is 0 Å². The van der Waals surface area contributed by atoms with Gasteiger partial charge in [-0.05, 0) is 256 Å². The van der Waals surface area contributed by atoms with E-state index < -0.39 is 0 Å². The second-order valence-electron chi connectivity index (χ2n) is 29.3. The highest BCUT2D eigenvalue weighted by Gasteiger charge is 2.52. The number of thiophene rings is 2. The molecule has 1 N–H and O–H groups in total. The van der Waals surface area contributed by atoms with E-state index >= 15 is 0 Å². The monoisotopic (exact) mass is 1310 g/mol. The Morgan fingerprint density at radius 1 is 0.263 bits per heavy atom. The molecule has 0 radical (unpaired) electrons. The van der Waals surface area contributed by atoms with Crippen LogP contribution in [0.2, 0.25) is 0 Å². The van der Waals surface area contributed by atoms with Gasteiger partial charge in [-0.1, -0.05) is 138 Å². The normalized spacial score (nSPS) is 14.0. The molecule has 2 aromatic heterocycles. The molecule has 6 nitrogen and oxygen atoms in total. The van der Waals surface area contributed by atoms with E-state index in [9.17, 15) is 0 Å². The summed E-state index contributed by atoms with van der Waals surface area (Å²) in [7, 11) is 0. The number of rotatable bonds is 5. The molecule has 0 fully saturated rings. The minimum atomic E-state index is -0.201. The zero-order chi connectivity index (χ0) is 67.0. The van der Waals surface area contributed by atoms with Crippen LogP contribution in [0, 0.1) is 83.1 Å². The highest BCUT2D eigenvalue weighted by Crippen LogP contribution is 2.54. The van der Waals surface area contributed by atoms with Gasteiger partial charge in [0.2, 0.25) is 0 Å². The van der Waals surface area contributed by atoms with E-state index in [0.29, 0.717) is 0 Å². The van der Waals surface area contributed by atoms with Crippen LogP contribution in [-0.2, 0) is 0 Å². The third-order valence-electron chi connectivity index (χ3n) is 22.3. The molecule has 99 heavy (non-hydrogen) atoms. The van der Waals surface area contributed by atoms with Crippen LogP contribution in [0.25, 0.3) is 20.2 Å². The van der Waals surface area contributed by atoms with Gasteiger partial charge in [0.15, 0.2) is 0 Å². The highest BCUT2D eigenvalue weighted by molar-refractivity contribution is 7.34. The lowest BCUT2D eigenvalue weighted by Crippen LogP contribution is -2.66. The van der Waals surface area contributed by atoms with E-state index in [1.807, 2.05) is 22.7 Å². The van der Waals surface area contributed by atoms with Crippen molar-refractivity contribution in [3.05, 3.63) is 273 Å². The molecule has 0 spiro atoms. The quantitative estimate of drug-likeness (QED) is 0.173. The standard InChI is InChI=1S/C88H71B3N6S2/c1-47-31-53(7)82(54(8)32-47)95-69-45-67-63(90-79-68(92-67)37-50(4)38-72(79)93(59-23-15-13-16-24-59)85-61-27-19-21-29-77(61)98-87(85)90)43-64(69)89-65-44-66-71(46-70(65)96(75-41-52(6)40-74(95)80(75)89)83-55(9)33-48(2)34-56(83)10)97(84-57(11)35-49(3)36-58(84)12)76-42-51(5)39-73-81(76)91(66)88-86(62-28-20-22-30-78(62)99-88)94(73)60-25-17-14-18-26-60/h13-46,92H,1-12H3. The summed E-state index contributed by atoms with van der Waals surface area (Å²) in [6.45, 7) is 27.3. The van der Waals surface area contributed by atoms with Crippen LogP contribution >= 0.6 is 22.7 Å². The Bertz CT molecular complexity index is 5880. The van der Waals surface area contributed by atoms with Gasteiger partial charge in [-0.2, -0.15) is 0 Å². The van der Waals surface area contributed by atoms with Gasteiger partial charge in [0.1, 0.15) is 0 Å². The van der Waals surface area contributed by atoms with Crippen molar-refractivity contribution in [2.75, 3.05) is 29.8 Å². The van der Waals surface area contributed by atoms with Gasteiger partial charge >= 0.3 is 0 Å². The minimum Gasteiger partial charge on any atom is -0.356 e. The third kappa shape index (κ3) is 8.20. The summed E-state index contributed by atoms with van der Waals surface area (Å²) in [5.74, 6) is 0. The number of anilines is 17. The summed E-state index contributed by atoms with van der Waals surface area (Å²) in [6.07, 6.45) is 0. The van der Waals surface area contributed by atoms with Crippen molar-refractivity contribution in [3.8, 4) is 0 Å². The summed E-state index contributed by atoms with van der Waals surface area (Å²) in [4.78, 5) is 13.3. The molecule has 0 bridgehead atoms. The van der Waals surface area contributed by atoms with Crippen LogP contribution in [0.3, 0.4) is 0 Å². The molecule has 0 saturated heterocycles. The lowest BCUT2D eigenvalue weighted by Gasteiger charge is -2.48. The lowest BCUT2D eigenvalue weighted by atomic mass is 9.30. The van der Waals surface area contributed by atoms with Gasteiger partial charge < -0.3 is 29.8 Å². The van der Waals surface area contributed by atoms with Crippen molar-refractivity contribution >= 4 is 207 Å². The highest BCUT2D eigenvalue weighted by atomic mass is 32.1. The number of hydrogen-bond donors (Lipinski definition) is 1. The molecule has 0 saturated carbocycles. The van der Waals surface area contributed by atoms with E-state index in [0.717, 1.165) is 11.4 Å². The Balaban J connectivity index is 0.937. The van der Waals surface area contributed by atoms with E-state index in [-0.39, 0.29) is 20.1 Å². The Hall–Kier alpha value is -10.4. The Labute approximate surface area is 589 Å². The number of para-hydroxylation sites is 2. The second kappa shape index (κ2) is 21.0. The molecule has 0 unspecified atom stereocenters. The van der Waals surface area contributed by atoms with E-state index in [1.165, 1.54) is 220 Å². The molecule has 20 rings (SSSR count). The largest absolute Gasteiger partial charge is 0.356 e. The maximum atomic E-state index is 4.26. The van der Waals surface area contributed by atoms with Crippen LogP contribution in [-0.4, -0.2) is 20.1 Å². The molecule has 12 aromatic carbocycles. The van der Waals surface area contributed by atoms with Crippen molar-refractivity contribution in [2.45, 2.75) is 83.1 Å². The van der Waals surface area contributed by atoms with Crippen LogP contribution in [0.15, 0.2) is 206 Å². The number of hydrogen-bond acceptors (Lipinski definition) is 8. The van der Waals surface area contributed by atoms with Gasteiger partial charge in [-0.15, -0.1) is 22.7 Å². The SMILES string of the molecule is Cc1cc(C)c(N2c3cc4c(cc3B3c5cc6c(cc5N(c5c(C)cc(C)cc5C)c5cc(C)cc2c53)N(c2c(C)cc(C)cc2C)c2cc(C)cc3c2B6c2sc5ccccc5c2N3c2ccccc2)B2c3sc5ccccc5c3N(c3ccccc3)c3cc(C)cc(c32)N4)c(C)c1. The molecule has 6 aliphatic rings. The Kier molecular flexibility index (Phi) is 12.5. The van der Waals surface area contributed by atoms with Crippen LogP contribution in [0.5, 0.6) is 0 Å². The van der Waals surface area contributed by atoms with Crippen molar-refractivity contribution < 1.29 is 0 Å². The zero-order valence-electron chi connectivity index (χ0n) is 57.9. The predicted molar refractivity (Wildman–Crippen MR) is 431 cm³/mol. The third-order valence-corrected chi connectivity index (χ3v) is 24.8. The van der Waals surface area contributed by atoms with Gasteiger partial charge in [-0.25, -0.2) is 0 Å². The van der Waals surface area contributed by atoms with E-state index in [4.69, 9.17) is 0 Å². The fourth-order valence-electron chi connectivity index (χ4n) is 19.1. The van der Waals surface area contributed by atoms with Crippen LogP contribution < -0.4 is 77.6 Å². The minimum absolute atomic E-state index is 0.0604. The first kappa shape index (κ1) is 58.7. The summed E-state index contributed by atoms with van der Waals surface area (Å²) < 4.78 is 5.34. The van der Waals surface area contributed by atoms with Gasteiger partial charge in [-0.3, -0.25) is 0 Å². The molecular weight excluding hydrogens is 1240 g/mol. The average Bonchev–Trinajstić information content (AvgIpc) is 1.63. The fraction of sp³-hybridized carbons (Fsp3) is 0.136. The summed E-state index contributed by atoms with van der Waals surface area (Å²) in [5.41, 5.74) is 45.0. The topological polar surface area (TPSA) is 28.2 Å². The number of fused-ring (bicyclic) bond motifs is 16. The molecule has 6 aliphatic heterocycles. The maximum Gasteiger partial charge on any atom is 0.264 e. The van der Waals surface area contributed by atoms with Crippen LogP contribution in [0.4, 0.5) is 96.7 Å². The van der Waals surface area contributed by atoms with E-state index in [2.05, 4.69) is 319 Å². The van der Waals surface area contributed by atoms with Crippen molar-refractivity contribution in [1.29, 1.82) is 0 Å². The lowest BCUT2D eigenvalue weighted by molar-refractivity contribution is 1.17. The smallest absolute Gasteiger partial charge is 0.264 e. The average molecular weight is 1310 g/mol. The molecule has 14 aromatic rings. The number of aryl methyl sites for hydroxylation is 12. The molecular formula is C88H71B3N6S2. The Morgan fingerprint density at radius 3 is 1.04 bits per heavy atom.